The molecule has 16 N–H and O–H groups in total. The van der Waals surface area contributed by atoms with Crippen LogP contribution in [0.15, 0.2) is 4.99 Å². The van der Waals surface area contributed by atoms with Gasteiger partial charge in [-0.05, 0) is 76.8 Å². The molecule has 1 heterocycles. The number of hydrogen-bond donors (Lipinski definition) is 12. The highest BCUT2D eigenvalue weighted by molar-refractivity contribution is 5.99. The lowest BCUT2D eigenvalue weighted by atomic mass is 10.0. The molecule has 0 spiro atoms. The number of carboxylic acids is 1. The molecule has 0 aromatic heterocycles. The van der Waals surface area contributed by atoms with E-state index in [0.29, 0.717) is 25.7 Å². The Hall–Kier alpha value is -4.56. The zero-order chi connectivity index (χ0) is 38.5. The summed E-state index contributed by atoms with van der Waals surface area (Å²) in [6, 6.07) is -8.33. The van der Waals surface area contributed by atoms with Gasteiger partial charge < -0.3 is 65.0 Å². The lowest BCUT2D eigenvalue weighted by Crippen LogP contribution is -2.62. The molecule has 0 saturated carbocycles. The van der Waals surface area contributed by atoms with Gasteiger partial charge >= 0.3 is 5.97 Å². The first kappa shape index (κ1) is 44.5. The second-order valence-electron chi connectivity index (χ2n) is 12.8. The number of nitrogens with two attached hydrogens (primary N) is 4. The van der Waals surface area contributed by atoms with E-state index in [1.54, 1.807) is 13.8 Å². The average Bonchev–Trinajstić information content (AvgIpc) is 3.05. The fourth-order valence-electron chi connectivity index (χ4n) is 5.21. The number of amides is 6. The molecule has 0 unspecified atom stereocenters. The monoisotopic (exact) mass is 727 g/mol. The Morgan fingerprint density at radius 2 is 1.00 bits per heavy atom. The Balaban J connectivity index is 3.71. The van der Waals surface area contributed by atoms with Crippen LogP contribution in [0.1, 0.15) is 78.1 Å². The number of guanidine groups is 1. The van der Waals surface area contributed by atoms with Crippen molar-refractivity contribution in [3.8, 4) is 0 Å². The third-order valence-electron chi connectivity index (χ3n) is 7.91. The Bertz CT molecular complexity index is 1210. The van der Waals surface area contributed by atoms with E-state index in [1.807, 2.05) is 0 Å². The summed E-state index contributed by atoms with van der Waals surface area (Å²) in [6.45, 7) is 3.37. The maximum atomic E-state index is 13.7. The number of aliphatic imine (C=N–C) groups is 1. The number of hydrogen-bond acceptors (Lipinski definition) is 11. The molecule has 0 aromatic rings. The van der Waals surface area contributed by atoms with Crippen molar-refractivity contribution in [3.63, 3.8) is 0 Å². The molecule has 20 nitrogen and oxygen atoms in total. The van der Waals surface area contributed by atoms with E-state index in [2.05, 4.69) is 36.9 Å². The third kappa shape index (κ3) is 17.3. The standard InChI is InChI=1S/C31H57N11O9/c1-17(2)14-21-28(49)42-23(16-43)30(51)39-19(9-4-6-12-33)26(47)41-22(15-24(44)45)29(50)38-18(8-3-5-11-32)25(46)37-20(27(48)40-21)10-7-13-36-31(34)35/h17-23,43H,3-16,32-33H2,1-2H3,(H,37,46)(H,38,50)(H,39,51)(H,40,48)(H,41,47)(H,42,49)(H,44,45)(H4,34,35,36)/t18-,19+,20-,21-,22-,23-/m1/s1. The summed E-state index contributed by atoms with van der Waals surface area (Å²) in [5.74, 6) is -6.98. The van der Waals surface area contributed by atoms with Crippen LogP contribution < -0.4 is 54.8 Å². The van der Waals surface area contributed by atoms with E-state index in [9.17, 15) is 43.8 Å². The molecular weight excluding hydrogens is 670 g/mol. The summed E-state index contributed by atoms with van der Waals surface area (Å²) in [4.78, 5) is 96.8. The molecule has 1 aliphatic rings. The van der Waals surface area contributed by atoms with Gasteiger partial charge in [-0.3, -0.25) is 38.6 Å². The van der Waals surface area contributed by atoms with E-state index in [0.717, 1.165) is 0 Å². The van der Waals surface area contributed by atoms with Crippen molar-refractivity contribution in [1.82, 2.24) is 31.9 Å². The van der Waals surface area contributed by atoms with Crippen molar-refractivity contribution in [2.75, 3.05) is 26.2 Å². The summed E-state index contributed by atoms with van der Waals surface area (Å²) in [6.07, 6.45) is 1.16. The Morgan fingerprint density at radius 3 is 1.41 bits per heavy atom. The molecule has 0 aliphatic carbocycles. The number of aliphatic hydroxyl groups is 1. The molecule has 0 aromatic carbocycles. The van der Waals surface area contributed by atoms with Crippen LogP contribution in [0.25, 0.3) is 0 Å². The van der Waals surface area contributed by atoms with Gasteiger partial charge in [0, 0.05) is 6.54 Å². The zero-order valence-corrected chi connectivity index (χ0v) is 29.4. The fraction of sp³-hybridized carbons (Fsp3) is 0.742. The molecule has 1 rings (SSSR count). The second kappa shape index (κ2) is 23.8. The van der Waals surface area contributed by atoms with Crippen molar-refractivity contribution in [3.05, 3.63) is 0 Å². The van der Waals surface area contributed by atoms with Crippen molar-refractivity contribution >= 4 is 47.4 Å². The highest BCUT2D eigenvalue weighted by Crippen LogP contribution is 2.11. The second-order valence-corrected chi connectivity index (χ2v) is 12.8. The molecule has 20 heteroatoms. The van der Waals surface area contributed by atoms with Gasteiger partial charge in [-0.15, -0.1) is 0 Å². The first-order valence-corrected chi connectivity index (χ1v) is 17.2. The van der Waals surface area contributed by atoms with Crippen molar-refractivity contribution in [2.45, 2.75) is 114 Å². The topological polar surface area (TPSA) is 349 Å². The summed E-state index contributed by atoms with van der Waals surface area (Å²) < 4.78 is 0. The van der Waals surface area contributed by atoms with Gasteiger partial charge in [0.1, 0.15) is 36.3 Å². The smallest absolute Gasteiger partial charge is 0.305 e. The Labute approximate surface area is 297 Å². The van der Waals surface area contributed by atoms with E-state index in [4.69, 9.17) is 22.9 Å². The summed E-state index contributed by atoms with van der Waals surface area (Å²) >= 11 is 0. The minimum atomic E-state index is -1.68. The van der Waals surface area contributed by atoms with Gasteiger partial charge in [0.25, 0.3) is 0 Å². The molecule has 51 heavy (non-hydrogen) atoms. The minimum absolute atomic E-state index is 0.00124. The largest absolute Gasteiger partial charge is 0.481 e. The SMILES string of the molecule is CC(C)C[C@H]1NC(=O)[C@@H](CCCN=C(N)N)NC(=O)[C@@H](CCCCN)NC(=O)[C@@H](CC(=O)O)NC(=O)[C@H](CCCCN)NC(=O)[C@@H](CO)NC1=O. The van der Waals surface area contributed by atoms with Gasteiger partial charge in [-0.2, -0.15) is 0 Å². The van der Waals surface area contributed by atoms with Crippen LogP contribution in [0.5, 0.6) is 0 Å². The van der Waals surface area contributed by atoms with Crippen LogP contribution >= 0.6 is 0 Å². The molecule has 290 valence electrons. The molecule has 1 saturated heterocycles. The minimum Gasteiger partial charge on any atom is -0.481 e. The van der Waals surface area contributed by atoms with E-state index < -0.39 is 90.7 Å². The zero-order valence-electron chi connectivity index (χ0n) is 29.4. The van der Waals surface area contributed by atoms with Crippen molar-refractivity contribution < 1.29 is 43.8 Å². The maximum Gasteiger partial charge on any atom is 0.305 e. The number of unbranched alkanes of at least 4 members (excludes halogenated alkanes) is 2. The van der Waals surface area contributed by atoms with E-state index >= 15 is 0 Å². The normalized spacial score (nSPS) is 24.2. The highest BCUT2D eigenvalue weighted by atomic mass is 16.4. The Kier molecular flexibility index (Phi) is 20.7. The number of nitrogens with zero attached hydrogens (tertiary/aromatic N) is 1. The number of aliphatic hydroxyl groups excluding tert-OH is 1. The van der Waals surface area contributed by atoms with Crippen molar-refractivity contribution in [1.29, 1.82) is 0 Å². The molecule has 1 fully saturated rings. The van der Waals surface area contributed by atoms with Crippen LogP contribution in [0.4, 0.5) is 0 Å². The van der Waals surface area contributed by atoms with E-state index in [1.165, 1.54) is 0 Å². The van der Waals surface area contributed by atoms with Crippen LogP contribution in [0, 0.1) is 5.92 Å². The molecule has 0 radical (unpaired) electrons. The highest BCUT2D eigenvalue weighted by Gasteiger charge is 2.35. The van der Waals surface area contributed by atoms with Gasteiger partial charge in [0.2, 0.25) is 35.4 Å². The predicted molar refractivity (Wildman–Crippen MR) is 186 cm³/mol. The number of carbonyl (C=O) groups excluding carboxylic acids is 6. The molecular formula is C31H57N11O9. The summed E-state index contributed by atoms with van der Waals surface area (Å²) in [7, 11) is 0. The van der Waals surface area contributed by atoms with Crippen molar-refractivity contribution in [2.24, 2.45) is 33.8 Å². The molecule has 6 amide bonds. The number of nitrogens with one attached hydrogen (secondary N) is 6. The van der Waals surface area contributed by atoms with E-state index in [-0.39, 0.29) is 63.6 Å². The number of carbonyl (C=O) groups is 7. The maximum absolute atomic E-state index is 13.7. The first-order valence-electron chi connectivity index (χ1n) is 17.2. The number of rotatable bonds is 17. The van der Waals surface area contributed by atoms with Crippen LogP contribution in [0.3, 0.4) is 0 Å². The van der Waals surface area contributed by atoms with Gasteiger partial charge in [-0.1, -0.05) is 13.8 Å². The fourth-order valence-corrected chi connectivity index (χ4v) is 5.21. The average molecular weight is 728 g/mol. The first-order chi connectivity index (χ1) is 24.1. The van der Waals surface area contributed by atoms with Gasteiger partial charge in [-0.25, -0.2) is 0 Å². The number of aliphatic carboxylic acids is 1. The summed E-state index contributed by atoms with van der Waals surface area (Å²) in [5, 5.41) is 34.6. The quantitative estimate of drug-likeness (QED) is 0.0384. The molecule has 1 aliphatic heterocycles. The lowest BCUT2D eigenvalue weighted by molar-refractivity contribution is -0.142. The lowest BCUT2D eigenvalue weighted by Gasteiger charge is -2.29. The van der Waals surface area contributed by atoms with Crippen LogP contribution in [-0.4, -0.2) is 120 Å². The molecule has 0 bridgehead atoms. The third-order valence-corrected chi connectivity index (χ3v) is 7.91. The van der Waals surface area contributed by atoms with Gasteiger partial charge in [0.05, 0.1) is 13.0 Å². The summed E-state index contributed by atoms with van der Waals surface area (Å²) in [5.41, 5.74) is 22.0. The number of carboxylic acid groups (broad SMARTS) is 1. The van der Waals surface area contributed by atoms with Gasteiger partial charge in [0.15, 0.2) is 5.96 Å². The van der Waals surface area contributed by atoms with Crippen LogP contribution in [0.2, 0.25) is 0 Å². The predicted octanol–water partition coefficient (Wildman–Crippen LogP) is -4.27. The van der Waals surface area contributed by atoms with Crippen LogP contribution in [-0.2, 0) is 33.6 Å². The molecule has 6 atom stereocenters. The Morgan fingerprint density at radius 1 is 0.627 bits per heavy atom.